The molecular formula is C26H28N2O2. The largest absolute Gasteiger partial charge is 0.489 e. The zero-order valence-corrected chi connectivity index (χ0v) is 17.6. The second kappa shape index (κ2) is 9.51. The van der Waals surface area contributed by atoms with Crippen molar-refractivity contribution in [1.82, 2.24) is 9.88 Å². The Morgan fingerprint density at radius 3 is 2.07 bits per heavy atom. The van der Waals surface area contributed by atoms with Crippen molar-refractivity contribution in [2.75, 3.05) is 20.6 Å². The molecule has 0 aliphatic heterocycles. The highest BCUT2D eigenvalue weighted by atomic mass is 16.5. The van der Waals surface area contributed by atoms with Crippen LogP contribution in [-0.4, -0.2) is 30.5 Å². The summed E-state index contributed by atoms with van der Waals surface area (Å²) >= 11 is 0. The number of aromatic nitrogens is 1. The summed E-state index contributed by atoms with van der Waals surface area (Å²) in [5, 5.41) is 1.16. The van der Waals surface area contributed by atoms with E-state index >= 15 is 0 Å². The molecule has 154 valence electrons. The van der Waals surface area contributed by atoms with Gasteiger partial charge < -0.3 is 19.4 Å². The Kier molecular flexibility index (Phi) is 6.35. The number of rotatable bonds is 9. The van der Waals surface area contributed by atoms with E-state index in [0.717, 1.165) is 46.5 Å². The van der Waals surface area contributed by atoms with Crippen molar-refractivity contribution < 1.29 is 9.47 Å². The van der Waals surface area contributed by atoms with Gasteiger partial charge in [0, 0.05) is 24.2 Å². The summed E-state index contributed by atoms with van der Waals surface area (Å²) in [5.74, 6) is 1.63. The van der Waals surface area contributed by atoms with Gasteiger partial charge in [-0.05, 0) is 43.3 Å². The lowest BCUT2D eigenvalue weighted by molar-refractivity contribution is 0.292. The van der Waals surface area contributed by atoms with Crippen molar-refractivity contribution in [3.63, 3.8) is 0 Å². The highest BCUT2D eigenvalue weighted by Crippen LogP contribution is 2.34. The van der Waals surface area contributed by atoms with E-state index in [0.29, 0.717) is 13.2 Å². The maximum absolute atomic E-state index is 6.22. The summed E-state index contributed by atoms with van der Waals surface area (Å²) in [6, 6.07) is 24.6. The predicted molar refractivity (Wildman–Crippen MR) is 122 cm³/mol. The molecule has 4 nitrogen and oxygen atoms in total. The van der Waals surface area contributed by atoms with Gasteiger partial charge in [0.2, 0.25) is 0 Å². The van der Waals surface area contributed by atoms with Crippen LogP contribution in [0.1, 0.15) is 16.7 Å². The number of fused-ring (bicyclic) bond motifs is 1. The van der Waals surface area contributed by atoms with Crippen LogP contribution in [0.3, 0.4) is 0 Å². The van der Waals surface area contributed by atoms with Crippen LogP contribution >= 0.6 is 0 Å². The fraction of sp³-hybridized carbons (Fsp3) is 0.231. The first-order chi connectivity index (χ1) is 14.7. The van der Waals surface area contributed by atoms with Gasteiger partial charge in [-0.15, -0.1) is 0 Å². The maximum Gasteiger partial charge on any atom is 0.147 e. The van der Waals surface area contributed by atoms with Gasteiger partial charge in [-0.2, -0.15) is 0 Å². The second-order valence-corrected chi connectivity index (χ2v) is 7.76. The average Bonchev–Trinajstić information content (AvgIpc) is 3.19. The van der Waals surface area contributed by atoms with Crippen molar-refractivity contribution in [3.8, 4) is 11.5 Å². The lowest BCUT2D eigenvalue weighted by Crippen LogP contribution is -2.14. The van der Waals surface area contributed by atoms with Crippen LogP contribution in [0, 0.1) is 0 Å². The highest BCUT2D eigenvalue weighted by molar-refractivity contribution is 5.90. The molecule has 3 aromatic carbocycles. The lowest BCUT2D eigenvalue weighted by atomic mass is 10.1. The van der Waals surface area contributed by atoms with E-state index in [9.17, 15) is 0 Å². The Labute approximate surface area is 178 Å². The molecule has 4 rings (SSSR count). The fourth-order valence-electron chi connectivity index (χ4n) is 3.45. The predicted octanol–water partition coefficient (Wildman–Crippen LogP) is 5.43. The van der Waals surface area contributed by atoms with Crippen LogP contribution in [0.15, 0.2) is 79.0 Å². The summed E-state index contributed by atoms with van der Waals surface area (Å²) in [6.45, 7) is 2.04. The number of nitrogens with zero attached hydrogens (tertiary/aromatic N) is 1. The molecule has 0 radical (unpaired) electrons. The number of ether oxygens (including phenoxy) is 2. The first-order valence-corrected chi connectivity index (χ1v) is 10.3. The molecule has 0 atom stereocenters. The summed E-state index contributed by atoms with van der Waals surface area (Å²) in [5.41, 5.74) is 4.58. The van der Waals surface area contributed by atoms with Crippen LogP contribution in [0.2, 0.25) is 0 Å². The monoisotopic (exact) mass is 400 g/mol. The Bertz CT molecular complexity index is 1070. The van der Waals surface area contributed by atoms with E-state index in [-0.39, 0.29) is 0 Å². The molecule has 30 heavy (non-hydrogen) atoms. The van der Waals surface area contributed by atoms with Gasteiger partial charge in [0.15, 0.2) is 0 Å². The third kappa shape index (κ3) is 5.02. The Balaban J connectivity index is 1.61. The minimum atomic E-state index is 0.518. The first kappa shape index (κ1) is 20.0. The maximum atomic E-state index is 6.22. The molecule has 0 fully saturated rings. The quantitative estimate of drug-likeness (QED) is 0.407. The molecule has 1 heterocycles. The third-order valence-corrected chi connectivity index (χ3v) is 5.13. The standard InChI is InChI=1S/C26H28N2O2/c1-28(2)14-13-22-17-27-26-24(22)15-23(29-18-20-9-5-3-6-10-20)16-25(26)30-19-21-11-7-4-8-12-21/h3-12,15-17,27H,13-14,18-19H2,1-2H3. The number of H-pyrrole nitrogens is 1. The molecule has 0 aliphatic rings. The van der Waals surface area contributed by atoms with E-state index in [4.69, 9.17) is 9.47 Å². The van der Waals surface area contributed by atoms with Gasteiger partial charge in [0.05, 0.1) is 5.52 Å². The number of benzene rings is 3. The molecule has 4 aromatic rings. The zero-order chi connectivity index (χ0) is 20.8. The Hall–Kier alpha value is -3.24. The molecule has 0 unspecified atom stereocenters. The van der Waals surface area contributed by atoms with Gasteiger partial charge in [0.1, 0.15) is 24.7 Å². The molecule has 1 N–H and O–H groups in total. The number of hydrogen-bond acceptors (Lipinski definition) is 3. The summed E-state index contributed by atoms with van der Waals surface area (Å²) in [7, 11) is 4.19. The number of hydrogen-bond donors (Lipinski definition) is 1. The van der Waals surface area contributed by atoms with Crippen LogP contribution in [0.25, 0.3) is 10.9 Å². The molecule has 1 aromatic heterocycles. The number of likely N-dealkylation sites (N-methyl/N-ethyl adjacent to an activating group) is 1. The van der Waals surface area contributed by atoms with E-state index in [2.05, 4.69) is 60.5 Å². The first-order valence-electron chi connectivity index (χ1n) is 10.3. The SMILES string of the molecule is CN(C)CCc1c[nH]c2c(OCc3ccccc3)cc(OCc3ccccc3)cc12. The highest BCUT2D eigenvalue weighted by Gasteiger charge is 2.13. The lowest BCUT2D eigenvalue weighted by Gasteiger charge is -2.13. The number of aromatic amines is 1. The van der Waals surface area contributed by atoms with Gasteiger partial charge in [0.25, 0.3) is 0 Å². The molecule has 0 saturated heterocycles. The van der Waals surface area contributed by atoms with Crippen LogP contribution in [0.4, 0.5) is 0 Å². The smallest absolute Gasteiger partial charge is 0.147 e. The zero-order valence-electron chi connectivity index (χ0n) is 17.6. The van der Waals surface area contributed by atoms with Crippen molar-refractivity contribution in [2.45, 2.75) is 19.6 Å². The van der Waals surface area contributed by atoms with E-state index in [1.807, 2.05) is 42.5 Å². The molecule has 0 aliphatic carbocycles. The topological polar surface area (TPSA) is 37.5 Å². The van der Waals surface area contributed by atoms with Crippen LogP contribution < -0.4 is 9.47 Å². The van der Waals surface area contributed by atoms with Gasteiger partial charge in [-0.1, -0.05) is 60.7 Å². The van der Waals surface area contributed by atoms with Crippen molar-refractivity contribution in [1.29, 1.82) is 0 Å². The molecule has 0 amide bonds. The van der Waals surface area contributed by atoms with Crippen molar-refractivity contribution in [2.24, 2.45) is 0 Å². The normalized spacial score (nSPS) is 11.2. The third-order valence-electron chi connectivity index (χ3n) is 5.13. The van der Waals surface area contributed by atoms with Crippen molar-refractivity contribution >= 4 is 10.9 Å². The van der Waals surface area contributed by atoms with Crippen molar-refractivity contribution in [3.05, 3.63) is 95.7 Å². The average molecular weight is 401 g/mol. The van der Waals surface area contributed by atoms with E-state index < -0.39 is 0 Å². The summed E-state index contributed by atoms with van der Waals surface area (Å²) < 4.78 is 12.4. The summed E-state index contributed by atoms with van der Waals surface area (Å²) in [6.07, 6.45) is 3.05. The minimum absolute atomic E-state index is 0.518. The van der Waals surface area contributed by atoms with Crippen LogP contribution in [0.5, 0.6) is 11.5 Å². The van der Waals surface area contributed by atoms with Gasteiger partial charge in [-0.25, -0.2) is 0 Å². The molecular weight excluding hydrogens is 372 g/mol. The summed E-state index contributed by atoms with van der Waals surface area (Å²) in [4.78, 5) is 5.61. The molecule has 0 saturated carbocycles. The van der Waals surface area contributed by atoms with E-state index in [1.165, 1.54) is 5.56 Å². The molecule has 0 spiro atoms. The number of nitrogens with one attached hydrogen (secondary N) is 1. The molecule has 0 bridgehead atoms. The van der Waals surface area contributed by atoms with Gasteiger partial charge in [-0.3, -0.25) is 0 Å². The van der Waals surface area contributed by atoms with Crippen LogP contribution in [-0.2, 0) is 19.6 Å². The minimum Gasteiger partial charge on any atom is -0.489 e. The second-order valence-electron chi connectivity index (χ2n) is 7.76. The van der Waals surface area contributed by atoms with E-state index in [1.54, 1.807) is 0 Å². The molecule has 4 heteroatoms. The van der Waals surface area contributed by atoms with Gasteiger partial charge >= 0.3 is 0 Å². The fourth-order valence-corrected chi connectivity index (χ4v) is 3.45. The Morgan fingerprint density at radius 2 is 1.43 bits per heavy atom. The Morgan fingerprint density at radius 1 is 0.800 bits per heavy atom.